The molecule has 1 aromatic heterocycles. The topological polar surface area (TPSA) is 125 Å². The highest BCUT2D eigenvalue weighted by Gasteiger charge is 2.66. The number of nitrogens with zero attached hydrogens (tertiary/aromatic N) is 6. The quantitative estimate of drug-likeness (QED) is 0.163. The second-order valence-corrected chi connectivity index (χ2v) is 22.2. The van der Waals surface area contributed by atoms with Gasteiger partial charge >= 0.3 is 0 Å². The van der Waals surface area contributed by atoms with Gasteiger partial charge in [0.1, 0.15) is 11.3 Å². The summed E-state index contributed by atoms with van der Waals surface area (Å²) in [5, 5.41) is 24.1. The summed E-state index contributed by atoms with van der Waals surface area (Å²) < 4.78 is 14.8. The van der Waals surface area contributed by atoms with Crippen molar-refractivity contribution in [2.45, 2.75) is 74.5 Å². The molecule has 0 aliphatic carbocycles. The zero-order valence-electron chi connectivity index (χ0n) is 35.1. The van der Waals surface area contributed by atoms with Crippen molar-refractivity contribution in [2.75, 3.05) is 55.2 Å². The summed E-state index contributed by atoms with van der Waals surface area (Å²) in [7, 11) is 1.11. The fraction of sp³-hybridized carbons (Fsp3) is 0.404. The minimum Gasteiger partial charge on any atom is -0.497 e. The molecule has 2 amide bonds. The van der Waals surface area contributed by atoms with E-state index in [4.69, 9.17) is 9.47 Å². The van der Waals surface area contributed by atoms with Gasteiger partial charge in [-0.25, -0.2) is 0 Å². The van der Waals surface area contributed by atoms with E-state index in [0.717, 1.165) is 47.0 Å². The van der Waals surface area contributed by atoms with Crippen molar-refractivity contribution >= 4 is 42.1 Å². The lowest BCUT2D eigenvalue weighted by Crippen LogP contribution is -2.55. The number of aliphatic hydroxyl groups is 1. The molecular formula is C47H55N7O5Si. The zero-order chi connectivity index (χ0) is 41.8. The standard InChI is InChI=1S/C47H55N7O5Si/c1-32-43(60(4,5)37-19-17-36(58-3)18-20-37)42(22-27-52-29-40(49-50-52)38(30-55)33-12-8-6-9-13-33)59-47(32)39-28-35(16-21-41(39)51(2)45(47)57)53-31-54(34-14-10-7-11-15-34)46(44(53)56)23-25-48-26-24-46/h6-21,28-29,32,38,42-43,48,55H,22-27,30-31H2,1-5H3/t32-,38?,42+,43-,47+/m0/s1. The first-order valence-electron chi connectivity index (χ1n) is 21.2. The summed E-state index contributed by atoms with van der Waals surface area (Å²) in [4.78, 5) is 35.7. The molecule has 3 saturated heterocycles. The Morgan fingerprint density at radius 3 is 2.32 bits per heavy atom. The molecule has 3 fully saturated rings. The number of piperidine rings is 1. The number of carbonyl (C=O) groups is 2. The van der Waals surface area contributed by atoms with Crippen LogP contribution in [0.3, 0.4) is 0 Å². The van der Waals surface area contributed by atoms with Crippen molar-refractivity contribution in [3.8, 4) is 5.75 Å². The SMILES string of the molecule is COc1ccc([Si](C)(C)[C@@H]2[C@@H](CCn3cc(C(CO)c4ccccc4)nn3)O[C@]3(C(=O)N(C)c4ccc(N5CN(c6ccccc6)C6(CCNCC6)C5=O)cc43)[C@H]2C)cc1. The van der Waals surface area contributed by atoms with Crippen LogP contribution >= 0.6 is 0 Å². The number of likely N-dealkylation sites (N-methyl/N-ethyl adjacent to an activating group) is 1. The first-order valence-corrected chi connectivity index (χ1v) is 24.3. The first kappa shape index (κ1) is 40.1. The van der Waals surface area contributed by atoms with E-state index in [9.17, 15) is 14.7 Å². The molecule has 4 aromatic carbocycles. The van der Waals surface area contributed by atoms with Crippen LogP contribution in [0.4, 0.5) is 17.1 Å². The van der Waals surface area contributed by atoms with Gasteiger partial charge < -0.3 is 29.7 Å². The van der Waals surface area contributed by atoms with Gasteiger partial charge in [-0.1, -0.05) is 91.1 Å². The summed E-state index contributed by atoms with van der Waals surface area (Å²) in [6.45, 7) is 9.33. The molecule has 9 rings (SSSR count). The lowest BCUT2D eigenvalue weighted by Gasteiger charge is -2.39. The molecule has 60 heavy (non-hydrogen) atoms. The number of hydrogen-bond acceptors (Lipinski definition) is 9. The van der Waals surface area contributed by atoms with Crippen LogP contribution in [0.5, 0.6) is 5.75 Å². The van der Waals surface area contributed by atoms with Crippen LogP contribution in [0, 0.1) is 5.92 Å². The van der Waals surface area contributed by atoms with Gasteiger partial charge in [0, 0.05) is 42.6 Å². The minimum absolute atomic E-state index is 0.0235. The Morgan fingerprint density at radius 2 is 1.63 bits per heavy atom. The maximum Gasteiger partial charge on any atom is 0.264 e. The monoisotopic (exact) mass is 825 g/mol. The molecule has 13 heteroatoms. The van der Waals surface area contributed by atoms with Gasteiger partial charge in [0.15, 0.2) is 5.60 Å². The van der Waals surface area contributed by atoms with Crippen LogP contribution in [0.15, 0.2) is 109 Å². The molecule has 5 atom stereocenters. The predicted molar refractivity (Wildman–Crippen MR) is 236 cm³/mol. The number of anilines is 3. The molecule has 12 nitrogen and oxygen atoms in total. The summed E-state index contributed by atoms with van der Waals surface area (Å²) in [6.07, 6.45) is 3.64. The number of hydrogen-bond donors (Lipinski definition) is 2. The van der Waals surface area contributed by atoms with Crippen molar-refractivity contribution < 1.29 is 24.2 Å². The maximum atomic E-state index is 15.0. The molecule has 5 heterocycles. The number of amides is 2. The Labute approximate surface area is 353 Å². The van der Waals surface area contributed by atoms with E-state index in [0.29, 0.717) is 38.2 Å². The van der Waals surface area contributed by atoms with Crippen LogP contribution in [0.1, 0.15) is 48.9 Å². The van der Waals surface area contributed by atoms with E-state index in [-0.39, 0.29) is 41.9 Å². The van der Waals surface area contributed by atoms with Crippen molar-refractivity contribution in [3.05, 3.63) is 126 Å². The van der Waals surface area contributed by atoms with Gasteiger partial charge in [-0.15, -0.1) is 5.10 Å². The average molecular weight is 826 g/mol. The molecule has 2 spiro atoms. The molecule has 4 aliphatic rings. The van der Waals surface area contributed by atoms with Crippen LogP contribution in [-0.2, 0) is 26.5 Å². The Morgan fingerprint density at radius 1 is 0.933 bits per heavy atom. The van der Waals surface area contributed by atoms with E-state index < -0.39 is 19.2 Å². The van der Waals surface area contributed by atoms with Crippen molar-refractivity contribution in [2.24, 2.45) is 5.92 Å². The molecule has 0 saturated carbocycles. The van der Waals surface area contributed by atoms with E-state index in [1.165, 1.54) is 5.19 Å². The fourth-order valence-corrected chi connectivity index (χ4v) is 15.0. The first-order chi connectivity index (χ1) is 29.0. The molecular weight excluding hydrogens is 771 g/mol. The lowest BCUT2D eigenvalue weighted by molar-refractivity contribution is -0.145. The van der Waals surface area contributed by atoms with Crippen LogP contribution < -0.4 is 29.9 Å². The summed E-state index contributed by atoms with van der Waals surface area (Å²) in [5.74, 6) is 0.315. The van der Waals surface area contributed by atoms with Gasteiger partial charge in [-0.05, 0) is 85.9 Å². The summed E-state index contributed by atoms with van der Waals surface area (Å²) in [6, 6.07) is 34.5. The molecule has 1 unspecified atom stereocenters. The third-order valence-corrected chi connectivity index (χ3v) is 18.5. The predicted octanol–water partition coefficient (Wildman–Crippen LogP) is 5.63. The molecule has 0 radical (unpaired) electrons. The van der Waals surface area contributed by atoms with Crippen LogP contribution in [0.2, 0.25) is 18.6 Å². The number of para-hydroxylation sites is 1. The lowest BCUT2D eigenvalue weighted by atomic mass is 9.82. The van der Waals surface area contributed by atoms with E-state index in [1.54, 1.807) is 12.0 Å². The van der Waals surface area contributed by atoms with E-state index >= 15 is 0 Å². The normalized spacial score (nSPS) is 24.2. The Hall–Kier alpha value is -5.34. The van der Waals surface area contributed by atoms with Crippen LogP contribution in [-0.4, -0.2) is 92.2 Å². The number of nitrogens with one attached hydrogen (secondary N) is 1. The molecule has 312 valence electrons. The third-order valence-electron chi connectivity index (χ3n) is 14.1. The Balaban J connectivity index is 1.08. The molecule has 5 aromatic rings. The fourth-order valence-electron chi connectivity index (χ4n) is 10.9. The number of methoxy groups -OCH3 is 1. The highest BCUT2D eigenvalue weighted by Crippen LogP contribution is 2.60. The average Bonchev–Trinajstić information content (AvgIpc) is 4.00. The van der Waals surface area contributed by atoms with Gasteiger partial charge in [0.25, 0.3) is 11.8 Å². The number of carbonyl (C=O) groups excluding carboxylic acids is 2. The van der Waals surface area contributed by atoms with Crippen molar-refractivity contribution in [1.29, 1.82) is 0 Å². The smallest absolute Gasteiger partial charge is 0.264 e. The number of ether oxygens (including phenoxy) is 2. The molecule has 2 N–H and O–H groups in total. The van der Waals surface area contributed by atoms with E-state index in [2.05, 4.69) is 70.9 Å². The number of fused-ring (bicyclic) bond motifs is 2. The van der Waals surface area contributed by atoms with Crippen molar-refractivity contribution in [3.63, 3.8) is 0 Å². The second-order valence-electron chi connectivity index (χ2n) is 17.5. The highest BCUT2D eigenvalue weighted by molar-refractivity contribution is 6.91. The third kappa shape index (κ3) is 6.36. The number of aryl methyl sites for hydroxylation is 1. The number of rotatable bonds is 11. The Kier molecular flexibility index (Phi) is 10.4. The van der Waals surface area contributed by atoms with Crippen LogP contribution in [0.25, 0.3) is 0 Å². The van der Waals surface area contributed by atoms with Crippen molar-refractivity contribution in [1.82, 2.24) is 20.3 Å². The largest absolute Gasteiger partial charge is 0.497 e. The summed E-state index contributed by atoms with van der Waals surface area (Å²) in [5.41, 5.74) is 3.20. The molecule has 0 bridgehead atoms. The number of aliphatic hydroxyl groups excluding tert-OH is 1. The zero-order valence-corrected chi connectivity index (χ0v) is 36.1. The minimum atomic E-state index is -2.41. The second kappa shape index (κ2) is 15.6. The number of aromatic nitrogens is 3. The van der Waals surface area contributed by atoms with E-state index in [1.807, 2.05) is 95.6 Å². The van der Waals surface area contributed by atoms with Gasteiger partial charge in [-0.3, -0.25) is 19.2 Å². The highest BCUT2D eigenvalue weighted by atomic mass is 28.3. The van der Waals surface area contributed by atoms with Gasteiger partial charge in [0.2, 0.25) is 0 Å². The maximum absolute atomic E-state index is 15.0. The van der Waals surface area contributed by atoms with Gasteiger partial charge in [-0.2, -0.15) is 0 Å². The Bertz CT molecular complexity index is 2350. The summed E-state index contributed by atoms with van der Waals surface area (Å²) >= 11 is 0. The number of benzene rings is 4. The molecule has 4 aliphatic heterocycles. The van der Waals surface area contributed by atoms with Gasteiger partial charge in [0.05, 0.1) is 51.9 Å².